The van der Waals surface area contributed by atoms with E-state index in [1.165, 1.54) is 11.1 Å². The fourth-order valence-corrected chi connectivity index (χ4v) is 5.01. The molecule has 2 N–H and O–H groups in total. The van der Waals surface area contributed by atoms with Gasteiger partial charge in [0.05, 0.1) is 18.8 Å². The lowest BCUT2D eigenvalue weighted by Gasteiger charge is -2.40. The van der Waals surface area contributed by atoms with Crippen LogP contribution in [0.15, 0.2) is 94.5 Å². The van der Waals surface area contributed by atoms with Crippen molar-refractivity contribution in [2.45, 2.75) is 26.4 Å². The summed E-state index contributed by atoms with van der Waals surface area (Å²) in [5.74, 6) is 1.93. The maximum absolute atomic E-state index is 5.57. The highest BCUT2D eigenvalue weighted by molar-refractivity contribution is 7.80. The van der Waals surface area contributed by atoms with Gasteiger partial charge in [-0.3, -0.25) is 10.2 Å². The smallest absolute Gasteiger partial charge is 0.229 e. The minimum Gasteiger partial charge on any atom is -0.467 e. The van der Waals surface area contributed by atoms with Crippen LogP contribution in [0.1, 0.15) is 34.3 Å². The zero-order chi connectivity index (χ0) is 27.0. The average molecular weight is 540 g/mol. The first kappa shape index (κ1) is 26.5. The molecule has 0 bridgehead atoms. The highest BCUT2D eigenvalue weighted by Crippen LogP contribution is 2.29. The molecule has 8 nitrogen and oxygen atoms in total. The molecule has 2 aromatic heterocycles. The van der Waals surface area contributed by atoms with Crippen molar-refractivity contribution in [3.8, 4) is 0 Å². The van der Waals surface area contributed by atoms with Crippen molar-refractivity contribution in [3.05, 3.63) is 113 Å². The molecular weight excluding hydrogens is 506 g/mol. The van der Waals surface area contributed by atoms with Crippen LogP contribution < -0.4 is 10.6 Å². The number of benzene rings is 2. The molecule has 0 atom stereocenters. The second kappa shape index (κ2) is 12.6. The Labute approximate surface area is 234 Å². The molecule has 0 radical (unpaired) electrons. The van der Waals surface area contributed by atoms with E-state index in [4.69, 9.17) is 21.6 Å². The Balaban J connectivity index is 1.34. The number of nitrogens with one attached hydrogen (secondary N) is 2. The Hall–Kier alpha value is -4.08. The van der Waals surface area contributed by atoms with Crippen LogP contribution in [0.4, 0.5) is 5.95 Å². The van der Waals surface area contributed by atoms with E-state index in [0.717, 1.165) is 43.3 Å². The third-order valence-electron chi connectivity index (χ3n) is 6.62. The average Bonchev–Trinajstić information content (AvgIpc) is 3.47. The Morgan fingerprint density at radius 3 is 2.08 bits per heavy atom. The van der Waals surface area contributed by atoms with Gasteiger partial charge in [0.2, 0.25) is 11.9 Å². The van der Waals surface area contributed by atoms with Crippen molar-refractivity contribution in [3.63, 3.8) is 0 Å². The lowest BCUT2D eigenvalue weighted by molar-refractivity contribution is 0.150. The lowest BCUT2D eigenvalue weighted by Crippen LogP contribution is -2.52. The molecule has 39 heavy (non-hydrogen) atoms. The van der Waals surface area contributed by atoms with Gasteiger partial charge in [0.25, 0.3) is 0 Å². The Morgan fingerprint density at radius 2 is 1.51 bits per heavy atom. The predicted molar refractivity (Wildman–Crippen MR) is 159 cm³/mol. The second-order valence-corrected chi connectivity index (χ2v) is 9.91. The largest absolute Gasteiger partial charge is 0.467 e. The summed E-state index contributed by atoms with van der Waals surface area (Å²) in [6.07, 6.45) is 1.64. The van der Waals surface area contributed by atoms with E-state index in [9.17, 15) is 0 Å². The molecule has 3 heterocycles. The quantitative estimate of drug-likeness (QED) is 0.203. The number of piperazine rings is 1. The molecule has 1 fully saturated rings. The summed E-state index contributed by atoms with van der Waals surface area (Å²) in [5, 5.41) is 6.88. The lowest BCUT2D eigenvalue weighted by atomic mass is 9.96. The van der Waals surface area contributed by atoms with Gasteiger partial charge in [-0.05, 0) is 55.4 Å². The van der Waals surface area contributed by atoms with Gasteiger partial charge in [-0.1, -0.05) is 60.7 Å². The molecule has 5 rings (SSSR count). The molecule has 1 saturated heterocycles. The van der Waals surface area contributed by atoms with Gasteiger partial charge < -0.3 is 14.6 Å². The molecule has 4 aromatic rings. The monoisotopic (exact) mass is 539 g/mol. The van der Waals surface area contributed by atoms with Crippen molar-refractivity contribution in [1.29, 1.82) is 0 Å². The van der Waals surface area contributed by atoms with Gasteiger partial charge in [0.15, 0.2) is 5.11 Å². The van der Waals surface area contributed by atoms with Crippen molar-refractivity contribution in [2.24, 2.45) is 4.99 Å². The van der Waals surface area contributed by atoms with Crippen LogP contribution in [-0.2, 0) is 6.54 Å². The number of aryl methyl sites for hydroxylation is 2. The highest BCUT2D eigenvalue weighted by atomic mass is 32.1. The number of thiocarbonyl (C=S) groups is 1. The van der Waals surface area contributed by atoms with Crippen LogP contribution in [0, 0.1) is 13.8 Å². The van der Waals surface area contributed by atoms with E-state index in [-0.39, 0.29) is 6.04 Å². The summed E-state index contributed by atoms with van der Waals surface area (Å²) in [4.78, 5) is 18.6. The van der Waals surface area contributed by atoms with Gasteiger partial charge >= 0.3 is 0 Å². The predicted octanol–water partition coefficient (Wildman–Crippen LogP) is 4.94. The van der Waals surface area contributed by atoms with Crippen molar-refractivity contribution in [1.82, 2.24) is 25.1 Å². The maximum Gasteiger partial charge on any atom is 0.229 e. The molecule has 0 unspecified atom stereocenters. The summed E-state index contributed by atoms with van der Waals surface area (Å²) in [6, 6.07) is 27.3. The molecule has 0 aliphatic carbocycles. The van der Waals surface area contributed by atoms with E-state index in [1.807, 2.05) is 32.0 Å². The third-order valence-corrected chi connectivity index (χ3v) is 6.85. The first-order chi connectivity index (χ1) is 19.0. The number of guanidine groups is 1. The minimum absolute atomic E-state index is 0.182. The third kappa shape index (κ3) is 7.07. The fourth-order valence-electron chi connectivity index (χ4n) is 4.85. The standard InChI is InChI=1S/C30H33N7OS/c1-22-20-23(2)33-28(32-22)34-29(35-30(39)31-21-26-14-9-19-38-26)37-17-15-36(16-18-37)27(24-10-5-3-6-11-24)25-12-7-4-8-13-25/h3-14,19-20,27H,15-18,21H2,1-2H3,(H2,31,32,33,34,35,39). The molecule has 0 spiro atoms. The van der Waals surface area contributed by atoms with E-state index in [0.29, 0.717) is 23.6 Å². The molecule has 1 aliphatic heterocycles. The second-order valence-electron chi connectivity index (χ2n) is 9.52. The summed E-state index contributed by atoms with van der Waals surface area (Å²) in [6.45, 7) is 7.63. The van der Waals surface area contributed by atoms with Gasteiger partial charge in [-0.2, -0.15) is 4.99 Å². The SMILES string of the molecule is Cc1cc(C)nc(N/C(=N/C(=S)NCc2ccco2)N2CCN(C(c3ccccc3)c3ccccc3)CC2)n1. The number of hydrogen-bond acceptors (Lipinski definition) is 5. The van der Waals surface area contributed by atoms with Crippen LogP contribution in [0.5, 0.6) is 0 Å². The van der Waals surface area contributed by atoms with Crippen molar-refractivity contribution in [2.75, 3.05) is 31.5 Å². The number of furan rings is 1. The van der Waals surface area contributed by atoms with E-state index < -0.39 is 0 Å². The van der Waals surface area contributed by atoms with Crippen molar-refractivity contribution < 1.29 is 4.42 Å². The first-order valence-electron chi connectivity index (χ1n) is 13.1. The summed E-state index contributed by atoms with van der Waals surface area (Å²) in [5.41, 5.74) is 4.36. The van der Waals surface area contributed by atoms with E-state index in [2.05, 4.69) is 91.1 Å². The van der Waals surface area contributed by atoms with Gasteiger partial charge in [-0.15, -0.1) is 0 Å². The Bertz CT molecular complexity index is 1330. The zero-order valence-corrected chi connectivity index (χ0v) is 23.1. The molecule has 0 amide bonds. The number of aromatic nitrogens is 2. The molecule has 1 aliphatic rings. The van der Waals surface area contributed by atoms with Crippen molar-refractivity contribution >= 4 is 29.2 Å². The van der Waals surface area contributed by atoms with Crippen LogP contribution in [-0.4, -0.2) is 57.0 Å². The first-order valence-corrected chi connectivity index (χ1v) is 13.5. The topological polar surface area (TPSA) is 81.8 Å². The number of hydrogen-bond donors (Lipinski definition) is 2. The van der Waals surface area contributed by atoms with Crippen LogP contribution in [0.2, 0.25) is 0 Å². The highest BCUT2D eigenvalue weighted by Gasteiger charge is 2.28. The molecule has 0 saturated carbocycles. The van der Waals surface area contributed by atoms with Gasteiger partial charge in [-0.25, -0.2) is 9.97 Å². The molecule has 9 heteroatoms. The number of nitrogens with zero attached hydrogens (tertiary/aromatic N) is 5. The number of rotatable bonds is 6. The van der Waals surface area contributed by atoms with Crippen LogP contribution in [0.25, 0.3) is 0 Å². The van der Waals surface area contributed by atoms with E-state index >= 15 is 0 Å². The maximum atomic E-state index is 5.57. The van der Waals surface area contributed by atoms with E-state index in [1.54, 1.807) is 6.26 Å². The van der Waals surface area contributed by atoms with Gasteiger partial charge in [0.1, 0.15) is 5.76 Å². The molecular formula is C30H33N7OS. The normalized spacial score (nSPS) is 14.4. The van der Waals surface area contributed by atoms with Gasteiger partial charge in [0, 0.05) is 37.6 Å². The summed E-state index contributed by atoms with van der Waals surface area (Å²) >= 11 is 5.57. The summed E-state index contributed by atoms with van der Waals surface area (Å²) < 4.78 is 5.41. The van der Waals surface area contributed by atoms with Crippen LogP contribution in [0.3, 0.4) is 0 Å². The summed E-state index contributed by atoms with van der Waals surface area (Å²) in [7, 11) is 0. The zero-order valence-electron chi connectivity index (χ0n) is 22.2. The van der Waals surface area contributed by atoms with Crippen LogP contribution >= 0.6 is 12.2 Å². The fraction of sp³-hybridized carbons (Fsp3) is 0.267. The Kier molecular flexibility index (Phi) is 8.60. The Morgan fingerprint density at radius 1 is 0.897 bits per heavy atom. The number of anilines is 1. The minimum atomic E-state index is 0.182. The molecule has 2 aromatic carbocycles. The molecule has 200 valence electrons. The number of aliphatic imine (C=N–C) groups is 1.